The summed E-state index contributed by atoms with van der Waals surface area (Å²) in [6, 6.07) is 61.1. The summed E-state index contributed by atoms with van der Waals surface area (Å²) in [5.41, 5.74) is 13.8. The van der Waals surface area contributed by atoms with Crippen molar-refractivity contribution in [2.75, 3.05) is 0 Å². The Morgan fingerprint density at radius 2 is 1.19 bits per heavy atom. The smallest absolute Gasteiger partial charge is 0.509 e. The van der Waals surface area contributed by atoms with E-state index in [4.69, 9.17) is 16.6 Å². The molecule has 0 fully saturated rings. The van der Waals surface area contributed by atoms with Gasteiger partial charge < -0.3 is 9.30 Å². The van der Waals surface area contributed by atoms with Crippen molar-refractivity contribution in [2.24, 2.45) is 0 Å². The molecule has 2 aliphatic rings. The fourth-order valence-corrected chi connectivity index (χ4v) is 11.8. The van der Waals surface area contributed by atoms with Gasteiger partial charge in [0.15, 0.2) is 0 Å². The molecule has 1 aliphatic carbocycles. The van der Waals surface area contributed by atoms with Gasteiger partial charge >= 0.3 is 27.1 Å². The molecule has 0 N–H and O–H groups in total. The minimum absolute atomic E-state index is 0. The third-order valence-electron chi connectivity index (χ3n) is 16.6. The Morgan fingerprint density at radius 3 is 1.84 bits per heavy atom. The Hall–Kier alpha value is -7.42. The maximum absolute atomic E-state index is 9.43. The average molecular weight is 1250 g/mol. The maximum Gasteiger partial charge on any atom is 2.00 e. The molecule has 10 aromatic rings. The van der Waals surface area contributed by atoms with Gasteiger partial charge in [-0.3, -0.25) is 0 Å². The summed E-state index contributed by atoms with van der Waals surface area (Å²) in [6.45, 7) is 25.7. The molecule has 81 heavy (non-hydrogen) atoms. The Labute approximate surface area is 503 Å². The van der Waals surface area contributed by atoms with E-state index in [0.717, 1.165) is 79.6 Å². The Morgan fingerprint density at radius 1 is 0.593 bits per heavy atom. The van der Waals surface area contributed by atoms with Gasteiger partial charge in [0.1, 0.15) is 11.5 Å². The van der Waals surface area contributed by atoms with Crippen LogP contribution in [-0.4, -0.2) is 15.6 Å². The van der Waals surface area contributed by atoms with Crippen LogP contribution in [0.1, 0.15) is 144 Å². The van der Waals surface area contributed by atoms with E-state index in [1.165, 1.54) is 11.1 Å². The Bertz CT molecular complexity index is 4450. The van der Waals surface area contributed by atoms with Crippen LogP contribution in [0.2, 0.25) is 0 Å². The van der Waals surface area contributed by atoms with Crippen molar-refractivity contribution < 1.29 is 34.0 Å². The zero-order valence-electron chi connectivity index (χ0n) is 54.9. The first kappa shape index (κ1) is 48.3. The van der Waals surface area contributed by atoms with Gasteiger partial charge in [0.2, 0.25) is 5.69 Å². The van der Waals surface area contributed by atoms with Gasteiger partial charge in [0.25, 0.3) is 11.4 Å². The summed E-state index contributed by atoms with van der Waals surface area (Å²) >= 11 is 0. The first-order chi connectivity index (χ1) is 40.4. The fraction of sp³-hybridized carbons (Fsp3) is 0.280. The van der Waals surface area contributed by atoms with Crippen LogP contribution in [0.25, 0.3) is 61.0 Å². The molecule has 0 spiro atoms. The molecule has 0 saturated heterocycles. The van der Waals surface area contributed by atoms with Crippen molar-refractivity contribution in [3.8, 4) is 50.7 Å². The normalized spacial score (nSPS) is 16.0. The third kappa shape index (κ3) is 10.1. The van der Waals surface area contributed by atoms with E-state index in [0.29, 0.717) is 39.6 Å². The maximum atomic E-state index is 9.43. The summed E-state index contributed by atoms with van der Waals surface area (Å²) in [6.07, 6.45) is 3.12. The number of rotatable bonds is 8. The number of nitrogens with zero attached hydrogens (tertiary/aromatic N) is 4. The predicted octanol–water partition coefficient (Wildman–Crippen LogP) is 20.0. The summed E-state index contributed by atoms with van der Waals surface area (Å²) in [7, 11) is 0. The minimum atomic E-state index is -2.65. The van der Waals surface area contributed by atoms with Crippen LogP contribution >= 0.6 is 0 Å². The van der Waals surface area contributed by atoms with Crippen molar-refractivity contribution >= 4 is 50.6 Å². The number of pyridine rings is 1. The molecule has 0 unspecified atom stereocenters. The number of para-hydroxylation sites is 3. The molecule has 12 rings (SSSR count). The molecule has 0 bridgehead atoms. The zero-order chi connectivity index (χ0) is 61.4. The van der Waals surface area contributed by atoms with Gasteiger partial charge in [0, 0.05) is 45.0 Å². The molecule has 0 radical (unpaired) electrons. The van der Waals surface area contributed by atoms with Crippen molar-refractivity contribution in [1.29, 1.82) is 0 Å². The summed E-state index contributed by atoms with van der Waals surface area (Å²) in [5.74, 6) is 1.22. The van der Waals surface area contributed by atoms with E-state index < -0.39 is 17.7 Å². The van der Waals surface area contributed by atoms with Gasteiger partial charge in [-0.25, -0.2) is 4.98 Å². The first-order valence-corrected chi connectivity index (χ1v) is 28.1. The number of ether oxygens (including phenoxy) is 1. The largest absolute Gasteiger partial charge is 2.00 e. The molecule has 2 aromatic heterocycles. The molecular weight excluding hydrogens is 1170 g/mol. The molecule has 408 valence electrons. The van der Waals surface area contributed by atoms with Gasteiger partial charge in [-0.1, -0.05) is 209 Å². The topological polar surface area (TPSA) is 33.1 Å². The van der Waals surface area contributed by atoms with E-state index in [1.54, 1.807) is 12.3 Å². The second-order valence-corrected chi connectivity index (χ2v) is 26.4. The molecule has 1 aliphatic heterocycles. The molecule has 5 nitrogen and oxygen atoms in total. The average Bonchev–Trinajstić information content (AvgIpc) is 0.968. The number of aryl methyl sites for hydroxylation is 1. The first-order valence-electron chi connectivity index (χ1n) is 31.1. The molecular formula is C75H74N4OPt+2. The molecule has 3 heterocycles. The van der Waals surface area contributed by atoms with Gasteiger partial charge in [-0.05, 0) is 131 Å². The monoisotopic (exact) mass is 1250 g/mol. The van der Waals surface area contributed by atoms with Crippen LogP contribution in [0.5, 0.6) is 11.5 Å². The van der Waals surface area contributed by atoms with Crippen LogP contribution in [0.4, 0.5) is 22.7 Å². The van der Waals surface area contributed by atoms with Crippen LogP contribution in [0, 0.1) is 19.0 Å². The van der Waals surface area contributed by atoms with Crippen LogP contribution in [-0.2, 0) is 48.1 Å². The molecule has 0 atom stereocenters. The molecule has 0 saturated carbocycles. The summed E-state index contributed by atoms with van der Waals surface area (Å²) in [5, 5.41) is 1.80. The Balaban J connectivity index is 0.00000784. The van der Waals surface area contributed by atoms with E-state index in [-0.39, 0.29) is 66.6 Å². The van der Waals surface area contributed by atoms with Gasteiger partial charge in [0.05, 0.1) is 15.2 Å². The second kappa shape index (κ2) is 20.2. The molecule has 8 aromatic carbocycles. The Kier molecular flexibility index (Phi) is 12.1. The van der Waals surface area contributed by atoms with E-state index in [2.05, 4.69) is 216 Å². The van der Waals surface area contributed by atoms with Crippen LogP contribution in [0.15, 0.2) is 170 Å². The summed E-state index contributed by atoms with van der Waals surface area (Å²) in [4.78, 5) is 5.12. The quantitative estimate of drug-likeness (QED) is 0.112. The van der Waals surface area contributed by atoms with Crippen molar-refractivity contribution in [3.05, 3.63) is 215 Å². The van der Waals surface area contributed by atoms with Crippen LogP contribution in [0.3, 0.4) is 0 Å². The number of hydrogen-bond acceptors (Lipinski definition) is 2. The number of benzene rings is 8. The fourth-order valence-electron chi connectivity index (χ4n) is 11.8. The summed E-state index contributed by atoms with van der Waals surface area (Å²) < 4.78 is 68.0. The number of fused-ring (bicyclic) bond motifs is 5. The van der Waals surface area contributed by atoms with Gasteiger partial charge in [-0.15, -0.1) is 23.6 Å². The zero-order valence-corrected chi connectivity index (χ0v) is 51.1. The van der Waals surface area contributed by atoms with Crippen molar-refractivity contribution in [3.63, 3.8) is 0 Å². The number of hydrogen-bond donors (Lipinski definition) is 0. The van der Waals surface area contributed by atoms with Crippen LogP contribution < -0.4 is 13.9 Å². The van der Waals surface area contributed by atoms with Gasteiger partial charge in [-0.2, -0.15) is 12.1 Å². The van der Waals surface area contributed by atoms with E-state index in [9.17, 15) is 1.37 Å². The second-order valence-electron chi connectivity index (χ2n) is 26.4. The van der Waals surface area contributed by atoms with E-state index in [1.807, 2.05) is 45.5 Å². The molecule has 6 heteroatoms. The van der Waals surface area contributed by atoms with Crippen molar-refractivity contribution in [2.45, 2.75) is 137 Å². The number of aromatic nitrogens is 2. The van der Waals surface area contributed by atoms with Crippen molar-refractivity contribution in [1.82, 2.24) is 18.7 Å². The minimum Gasteiger partial charge on any atom is -0.509 e. The standard InChI is InChI=1S/C75H74N4O.Pt/c1-48-40-68(76-46-62(48)61-30-21-31-63-69(61)75(13,14)39-38-74(63,11)12)79-66-43-53(73(8,9)10)34-36-59(66)60-37-35-56(45-67(60)79)80-55-27-19-26-54(44-55)77-47-78(65-33-16-15-32-64(65)77)70-57(49-22-17-24-51(41-49)71(2,3)4)28-20-29-58(70)50-23-18-25-52(42-50)72(5,6)7;/h15-37,40-43,46H,38-39H2,1-14H3;/q;+2/i1D3,21D,30D,31D;. The SMILES string of the molecule is [2H]c1c([2H])c(-c2cnc(-n3c4[c-]c(Oc5[c-]c([N+]6=C=[N+](c7c(-c8cccc(C(C)(C)C)c8)cccc7-c7cccc(C(C)(C)C)c7)c7ccccc76)ccc5)ccc4c4ccc(C(C)(C)C)cc43)cc2C([2H])([2H])[2H])c2c(c1[2H])C(C)(C)CCC2(C)C.[Pt+2]. The van der Waals surface area contributed by atoms with E-state index >= 15 is 0 Å². The third-order valence-corrected chi connectivity index (χ3v) is 16.6. The predicted molar refractivity (Wildman–Crippen MR) is 336 cm³/mol. The molecule has 0 amide bonds.